The number of nitrogens with one attached hydrogen (secondary N) is 1. The van der Waals surface area contributed by atoms with E-state index in [-0.39, 0.29) is 0 Å². The van der Waals surface area contributed by atoms with Crippen molar-refractivity contribution in [3.63, 3.8) is 0 Å². The molecular weight excluding hydrogens is 360 g/mol. The lowest BCUT2D eigenvalue weighted by molar-refractivity contribution is 0.457. The van der Waals surface area contributed by atoms with Gasteiger partial charge >= 0.3 is 0 Å². The van der Waals surface area contributed by atoms with E-state index in [1.54, 1.807) is 0 Å². The van der Waals surface area contributed by atoms with Crippen molar-refractivity contribution in [1.82, 2.24) is 4.98 Å². The van der Waals surface area contributed by atoms with Gasteiger partial charge in [0.2, 0.25) is 5.89 Å². The Hall–Kier alpha value is -4.05. The minimum Gasteiger partial charge on any atom is -0.439 e. The van der Waals surface area contributed by atoms with Crippen LogP contribution in [0.1, 0.15) is 5.89 Å². The summed E-state index contributed by atoms with van der Waals surface area (Å²) in [6, 6.07) is 20.0. The SMILES string of the molecule is C(=CC=Cc1nc2c(ccc3ccccc32)o1)C=CC=C1Nc2ccccc2O1. The molecule has 0 fully saturated rings. The van der Waals surface area contributed by atoms with Gasteiger partial charge in [-0.25, -0.2) is 4.98 Å². The van der Waals surface area contributed by atoms with Crippen LogP contribution in [0, 0.1) is 0 Å². The fourth-order valence-corrected chi connectivity index (χ4v) is 3.23. The van der Waals surface area contributed by atoms with E-state index in [4.69, 9.17) is 9.15 Å². The van der Waals surface area contributed by atoms with E-state index in [1.165, 1.54) is 0 Å². The number of fused-ring (bicyclic) bond motifs is 4. The Morgan fingerprint density at radius 1 is 0.793 bits per heavy atom. The van der Waals surface area contributed by atoms with Crippen LogP contribution in [0.4, 0.5) is 5.69 Å². The summed E-state index contributed by atoms with van der Waals surface area (Å²) in [6.07, 6.45) is 13.4. The van der Waals surface area contributed by atoms with Crippen LogP contribution in [-0.4, -0.2) is 4.98 Å². The molecule has 4 aromatic rings. The number of anilines is 1. The summed E-state index contributed by atoms with van der Waals surface area (Å²) < 4.78 is 11.5. The van der Waals surface area contributed by atoms with Crippen molar-refractivity contribution in [2.45, 2.75) is 0 Å². The number of aromatic nitrogens is 1. The van der Waals surface area contributed by atoms with E-state index in [0.717, 1.165) is 33.3 Å². The van der Waals surface area contributed by atoms with Crippen LogP contribution >= 0.6 is 0 Å². The summed E-state index contributed by atoms with van der Waals surface area (Å²) in [4.78, 5) is 4.61. The number of oxazole rings is 1. The van der Waals surface area contributed by atoms with Crippen molar-refractivity contribution in [2.24, 2.45) is 0 Å². The van der Waals surface area contributed by atoms with Crippen molar-refractivity contribution < 1.29 is 9.15 Å². The summed E-state index contributed by atoms with van der Waals surface area (Å²) in [5.74, 6) is 2.15. The standard InChI is InChI=1S/C25H18N2O2/c1(2-4-14-23-26-20-12-8-9-13-21(20)28-23)3-5-15-24-27-25-19-11-7-6-10-18(19)16-17-22(25)29-24/h1-17,26H. The molecule has 0 bridgehead atoms. The van der Waals surface area contributed by atoms with Gasteiger partial charge in [-0.05, 0) is 29.7 Å². The Kier molecular flexibility index (Phi) is 4.43. The molecule has 0 radical (unpaired) electrons. The Bertz CT molecular complexity index is 1280. The molecule has 4 nitrogen and oxygen atoms in total. The van der Waals surface area contributed by atoms with Crippen molar-refractivity contribution in [1.29, 1.82) is 0 Å². The molecule has 1 N–H and O–H groups in total. The Balaban J connectivity index is 1.23. The maximum atomic E-state index is 5.82. The zero-order chi connectivity index (χ0) is 19.5. The summed E-state index contributed by atoms with van der Waals surface area (Å²) in [7, 11) is 0. The number of benzene rings is 3. The van der Waals surface area contributed by atoms with E-state index in [0.29, 0.717) is 11.8 Å². The first-order valence-electron chi connectivity index (χ1n) is 9.41. The molecule has 0 atom stereocenters. The van der Waals surface area contributed by atoms with E-state index in [2.05, 4.69) is 28.5 Å². The Morgan fingerprint density at radius 3 is 2.59 bits per heavy atom. The summed E-state index contributed by atoms with van der Waals surface area (Å²) in [5, 5.41) is 5.47. The number of ether oxygens (including phenoxy) is 1. The van der Waals surface area contributed by atoms with Crippen LogP contribution in [0.5, 0.6) is 5.75 Å². The normalized spacial score (nSPS) is 15.1. The third kappa shape index (κ3) is 3.56. The van der Waals surface area contributed by atoms with Gasteiger partial charge in [-0.2, -0.15) is 0 Å². The minimum absolute atomic E-state index is 0.591. The summed E-state index contributed by atoms with van der Waals surface area (Å²) in [6.45, 7) is 0. The monoisotopic (exact) mass is 378 g/mol. The van der Waals surface area contributed by atoms with E-state index < -0.39 is 0 Å². The zero-order valence-electron chi connectivity index (χ0n) is 15.6. The molecule has 1 aromatic heterocycles. The average molecular weight is 378 g/mol. The lowest BCUT2D eigenvalue weighted by Gasteiger charge is -1.95. The highest BCUT2D eigenvalue weighted by atomic mass is 16.5. The third-order valence-corrected chi connectivity index (χ3v) is 4.60. The molecular formula is C25H18N2O2. The number of hydrogen-bond donors (Lipinski definition) is 1. The van der Waals surface area contributed by atoms with Crippen molar-refractivity contribution >= 4 is 33.6 Å². The number of rotatable bonds is 4. The Labute approximate surface area is 168 Å². The van der Waals surface area contributed by atoms with Crippen LogP contribution < -0.4 is 10.1 Å². The highest BCUT2D eigenvalue weighted by Gasteiger charge is 2.13. The van der Waals surface area contributed by atoms with Crippen LogP contribution in [0.15, 0.2) is 107 Å². The largest absolute Gasteiger partial charge is 0.439 e. The number of nitrogens with zero attached hydrogens (tertiary/aromatic N) is 1. The molecule has 0 saturated heterocycles. The Morgan fingerprint density at radius 2 is 1.62 bits per heavy atom. The molecule has 140 valence electrons. The molecule has 3 aromatic carbocycles. The molecule has 0 saturated carbocycles. The van der Waals surface area contributed by atoms with Crippen molar-refractivity contribution in [3.05, 3.63) is 109 Å². The molecule has 0 amide bonds. The van der Waals surface area contributed by atoms with E-state index in [1.807, 2.05) is 85.0 Å². The number of allylic oxidation sites excluding steroid dienone is 6. The maximum absolute atomic E-state index is 5.82. The first-order chi connectivity index (χ1) is 14.4. The average Bonchev–Trinajstić information content (AvgIpc) is 3.36. The molecule has 1 aliphatic rings. The lowest BCUT2D eigenvalue weighted by Crippen LogP contribution is -1.94. The molecule has 5 rings (SSSR count). The zero-order valence-corrected chi connectivity index (χ0v) is 15.6. The van der Waals surface area contributed by atoms with Gasteiger partial charge in [-0.15, -0.1) is 0 Å². The molecule has 29 heavy (non-hydrogen) atoms. The predicted octanol–water partition coefficient (Wildman–Crippen LogP) is 6.45. The first kappa shape index (κ1) is 17.1. The fraction of sp³-hybridized carbons (Fsp3) is 0. The highest BCUT2D eigenvalue weighted by molar-refractivity contribution is 6.03. The van der Waals surface area contributed by atoms with Gasteiger partial charge in [0, 0.05) is 11.5 Å². The van der Waals surface area contributed by atoms with Crippen LogP contribution in [0.2, 0.25) is 0 Å². The molecule has 0 unspecified atom stereocenters. The molecule has 0 spiro atoms. The van der Waals surface area contributed by atoms with Crippen LogP contribution in [0.3, 0.4) is 0 Å². The van der Waals surface area contributed by atoms with Gasteiger partial charge in [-0.3, -0.25) is 0 Å². The highest BCUT2D eigenvalue weighted by Crippen LogP contribution is 2.32. The third-order valence-electron chi connectivity index (χ3n) is 4.60. The minimum atomic E-state index is 0.591. The van der Waals surface area contributed by atoms with Gasteiger partial charge in [0.05, 0.1) is 5.69 Å². The maximum Gasteiger partial charge on any atom is 0.220 e. The smallest absolute Gasteiger partial charge is 0.220 e. The van der Waals surface area contributed by atoms with Gasteiger partial charge in [-0.1, -0.05) is 72.8 Å². The second-order valence-electron chi connectivity index (χ2n) is 6.57. The summed E-state index contributed by atoms with van der Waals surface area (Å²) >= 11 is 0. The van der Waals surface area contributed by atoms with Gasteiger partial charge in [0.15, 0.2) is 17.2 Å². The van der Waals surface area contributed by atoms with Crippen molar-refractivity contribution in [2.75, 3.05) is 5.32 Å². The van der Waals surface area contributed by atoms with Gasteiger partial charge < -0.3 is 14.5 Å². The van der Waals surface area contributed by atoms with Crippen LogP contribution in [0.25, 0.3) is 27.9 Å². The predicted molar refractivity (Wildman–Crippen MR) is 118 cm³/mol. The van der Waals surface area contributed by atoms with Gasteiger partial charge in [0.25, 0.3) is 0 Å². The molecule has 1 aliphatic heterocycles. The summed E-state index contributed by atoms with van der Waals surface area (Å²) in [5.41, 5.74) is 2.67. The number of para-hydroxylation sites is 2. The fourth-order valence-electron chi connectivity index (χ4n) is 3.23. The first-order valence-corrected chi connectivity index (χ1v) is 9.41. The van der Waals surface area contributed by atoms with E-state index >= 15 is 0 Å². The number of hydrogen-bond acceptors (Lipinski definition) is 4. The second-order valence-corrected chi connectivity index (χ2v) is 6.57. The topological polar surface area (TPSA) is 47.3 Å². The lowest BCUT2D eigenvalue weighted by atomic mass is 10.1. The van der Waals surface area contributed by atoms with Crippen LogP contribution in [-0.2, 0) is 0 Å². The second kappa shape index (κ2) is 7.52. The quantitative estimate of drug-likeness (QED) is 0.414. The molecule has 2 heterocycles. The van der Waals surface area contributed by atoms with Gasteiger partial charge in [0.1, 0.15) is 5.52 Å². The van der Waals surface area contributed by atoms with Crippen molar-refractivity contribution in [3.8, 4) is 5.75 Å². The molecule has 0 aliphatic carbocycles. The van der Waals surface area contributed by atoms with E-state index in [9.17, 15) is 0 Å². The molecule has 4 heteroatoms.